The molecule has 1 aromatic carbocycles. The molecule has 0 radical (unpaired) electrons. The van der Waals surface area contributed by atoms with Crippen molar-refractivity contribution in [3.63, 3.8) is 0 Å². The smallest absolute Gasteiger partial charge is 0.157 e. The highest BCUT2D eigenvalue weighted by molar-refractivity contribution is 9.10. The maximum absolute atomic E-state index is 13.5. The Bertz CT molecular complexity index is 441. The van der Waals surface area contributed by atoms with Gasteiger partial charge in [-0.1, -0.05) is 28.8 Å². The number of carbonyl (C=O) groups excluding carboxylic acids is 1. The molecule has 0 atom stereocenters. The molecule has 2 rings (SSSR count). The van der Waals surface area contributed by atoms with Crippen LogP contribution in [0, 0.1) is 5.82 Å². The van der Waals surface area contributed by atoms with Crippen molar-refractivity contribution in [1.82, 2.24) is 0 Å². The lowest BCUT2D eigenvalue weighted by atomic mass is 9.89. The van der Waals surface area contributed by atoms with E-state index in [0.717, 1.165) is 30.2 Å². The van der Waals surface area contributed by atoms with Gasteiger partial charge in [0.05, 0.1) is 5.54 Å². The third-order valence-corrected chi connectivity index (χ3v) is 3.90. The quantitative estimate of drug-likeness (QED) is 0.932. The molecule has 0 unspecified atom stereocenters. The monoisotopic (exact) mass is 299 g/mol. The molecule has 1 saturated carbocycles. The van der Waals surface area contributed by atoms with Gasteiger partial charge in [0.2, 0.25) is 0 Å². The summed E-state index contributed by atoms with van der Waals surface area (Å²) in [6.07, 6.45) is 3.51. The number of benzene rings is 1. The summed E-state index contributed by atoms with van der Waals surface area (Å²) in [6, 6.07) is 4.63. The van der Waals surface area contributed by atoms with Gasteiger partial charge >= 0.3 is 0 Å². The molecule has 0 amide bonds. The molecule has 0 bridgehead atoms. The van der Waals surface area contributed by atoms with Gasteiger partial charge in [0.15, 0.2) is 5.78 Å². The largest absolute Gasteiger partial charge is 0.319 e. The van der Waals surface area contributed by atoms with E-state index in [1.54, 1.807) is 12.1 Å². The summed E-state index contributed by atoms with van der Waals surface area (Å²) in [5.74, 6) is -0.393. The number of carbonyl (C=O) groups is 1. The second-order valence-electron chi connectivity index (χ2n) is 4.70. The Labute approximate surface area is 109 Å². The zero-order chi connectivity index (χ0) is 12.5. The van der Waals surface area contributed by atoms with Crippen LogP contribution in [0.2, 0.25) is 0 Å². The fourth-order valence-corrected chi connectivity index (χ4v) is 2.72. The summed E-state index contributed by atoms with van der Waals surface area (Å²) >= 11 is 3.27. The summed E-state index contributed by atoms with van der Waals surface area (Å²) in [7, 11) is 0. The Morgan fingerprint density at radius 3 is 2.71 bits per heavy atom. The van der Waals surface area contributed by atoms with Crippen molar-refractivity contribution >= 4 is 21.7 Å². The fourth-order valence-electron chi connectivity index (χ4n) is 2.31. The first-order valence-corrected chi connectivity index (χ1v) is 6.57. The molecule has 2 nitrogen and oxygen atoms in total. The number of rotatable bonds is 3. The van der Waals surface area contributed by atoms with Gasteiger partial charge in [-0.05, 0) is 36.6 Å². The number of halogens is 2. The molecule has 1 fully saturated rings. The molecule has 0 spiro atoms. The Morgan fingerprint density at radius 1 is 1.41 bits per heavy atom. The van der Waals surface area contributed by atoms with Crippen LogP contribution in [0.15, 0.2) is 22.7 Å². The third-order valence-electron chi connectivity index (χ3n) is 3.41. The molecule has 1 aliphatic rings. The number of hydrogen-bond acceptors (Lipinski definition) is 2. The van der Waals surface area contributed by atoms with Crippen molar-refractivity contribution in [3.8, 4) is 0 Å². The number of hydrogen-bond donors (Lipinski definition) is 1. The van der Waals surface area contributed by atoms with Gasteiger partial charge in [0, 0.05) is 10.9 Å². The van der Waals surface area contributed by atoms with Crippen LogP contribution in [0.5, 0.6) is 0 Å². The van der Waals surface area contributed by atoms with E-state index in [-0.39, 0.29) is 18.0 Å². The van der Waals surface area contributed by atoms with E-state index < -0.39 is 5.54 Å². The molecule has 1 aromatic rings. The molecule has 4 heteroatoms. The lowest BCUT2D eigenvalue weighted by Crippen LogP contribution is -2.46. The van der Waals surface area contributed by atoms with E-state index >= 15 is 0 Å². The maximum atomic E-state index is 13.5. The van der Waals surface area contributed by atoms with E-state index in [4.69, 9.17) is 5.73 Å². The van der Waals surface area contributed by atoms with Gasteiger partial charge in [-0.15, -0.1) is 0 Å². The number of nitrogens with two attached hydrogens (primary N) is 1. The summed E-state index contributed by atoms with van der Waals surface area (Å²) in [5.41, 5.74) is 5.75. The van der Waals surface area contributed by atoms with Gasteiger partial charge in [-0.2, -0.15) is 0 Å². The van der Waals surface area contributed by atoms with Gasteiger partial charge in [-0.25, -0.2) is 4.39 Å². The van der Waals surface area contributed by atoms with Gasteiger partial charge in [-0.3, -0.25) is 4.79 Å². The first-order chi connectivity index (χ1) is 8.01. The van der Waals surface area contributed by atoms with Crippen LogP contribution >= 0.6 is 15.9 Å². The maximum Gasteiger partial charge on any atom is 0.157 e. The summed E-state index contributed by atoms with van der Waals surface area (Å²) < 4.78 is 14.3. The molecule has 0 saturated heterocycles. The van der Waals surface area contributed by atoms with Crippen LogP contribution in [0.1, 0.15) is 31.2 Å². The van der Waals surface area contributed by atoms with Crippen LogP contribution in [-0.2, 0) is 11.2 Å². The normalized spacial score (nSPS) is 18.3. The van der Waals surface area contributed by atoms with Crippen LogP contribution in [0.3, 0.4) is 0 Å². The highest BCUT2D eigenvalue weighted by atomic mass is 79.9. The van der Waals surface area contributed by atoms with E-state index in [1.165, 1.54) is 6.07 Å². The molecular formula is C13H15BrFNO. The highest BCUT2D eigenvalue weighted by Crippen LogP contribution is 2.29. The second-order valence-corrected chi connectivity index (χ2v) is 5.61. The van der Waals surface area contributed by atoms with Crippen molar-refractivity contribution in [2.75, 3.05) is 0 Å². The van der Waals surface area contributed by atoms with E-state index in [1.807, 2.05) is 0 Å². The molecule has 1 aliphatic carbocycles. The Kier molecular flexibility index (Phi) is 3.64. The van der Waals surface area contributed by atoms with Crippen LogP contribution in [0.25, 0.3) is 0 Å². The van der Waals surface area contributed by atoms with Crippen molar-refractivity contribution < 1.29 is 9.18 Å². The van der Waals surface area contributed by atoms with Crippen molar-refractivity contribution in [1.29, 1.82) is 0 Å². The standard InChI is InChI=1S/C13H15BrFNO/c14-10-3-4-11(15)9(7-10)8-12(17)13(16)5-1-2-6-13/h3-4,7H,1-2,5-6,8,16H2. The zero-order valence-electron chi connectivity index (χ0n) is 9.51. The third kappa shape index (κ3) is 2.75. The van der Waals surface area contributed by atoms with Gasteiger partial charge < -0.3 is 5.73 Å². The fraction of sp³-hybridized carbons (Fsp3) is 0.462. The van der Waals surface area contributed by atoms with E-state index in [2.05, 4.69) is 15.9 Å². The SMILES string of the molecule is NC1(C(=O)Cc2cc(Br)ccc2F)CCCC1. The lowest BCUT2D eigenvalue weighted by Gasteiger charge is -2.21. The van der Waals surface area contributed by atoms with Crippen LogP contribution < -0.4 is 5.73 Å². The van der Waals surface area contributed by atoms with E-state index in [0.29, 0.717) is 5.56 Å². The molecule has 2 N–H and O–H groups in total. The van der Waals surface area contributed by atoms with Gasteiger partial charge in [0.25, 0.3) is 0 Å². The van der Waals surface area contributed by atoms with Crippen molar-refractivity contribution in [2.24, 2.45) is 5.73 Å². The molecule has 0 aliphatic heterocycles. The van der Waals surface area contributed by atoms with E-state index in [9.17, 15) is 9.18 Å². The Morgan fingerprint density at radius 2 is 2.06 bits per heavy atom. The second kappa shape index (κ2) is 4.86. The average Bonchev–Trinajstić information content (AvgIpc) is 2.72. The molecule has 0 aromatic heterocycles. The summed E-state index contributed by atoms with van der Waals surface area (Å²) in [5, 5.41) is 0. The number of Topliss-reactive ketones (excluding diaryl/α,β-unsaturated/α-hetero) is 1. The first kappa shape index (κ1) is 12.7. The first-order valence-electron chi connectivity index (χ1n) is 5.77. The van der Waals surface area contributed by atoms with Crippen LogP contribution in [0.4, 0.5) is 4.39 Å². The minimum Gasteiger partial charge on any atom is -0.319 e. The minimum atomic E-state index is -0.727. The number of ketones is 1. The molecule has 17 heavy (non-hydrogen) atoms. The molecule has 0 heterocycles. The predicted octanol–water partition coefficient (Wildman–Crippen LogP) is 2.97. The lowest BCUT2D eigenvalue weighted by molar-refractivity contribution is -0.123. The summed E-state index contributed by atoms with van der Waals surface area (Å²) in [4.78, 5) is 12.1. The Balaban J connectivity index is 2.15. The Hall–Kier alpha value is -0.740. The highest BCUT2D eigenvalue weighted by Gasteiger charge is 2.36. The topological polar surface area (TPSA) is 43.1 Å². The predicted molar refractivity (Wildman–Crippen MR) is 68.2 cm³/mol. The average molecular weight is 300 g/mol. The van der Waals surface area contributed by atoms with Crippen molar-refractivity contribution in [3.05, 3.63) is 34.1 Å². The molecule has 92 valence electrons. The summed E-state index contributed by atoms with van der Waals surface area (Å²) in [6.45, 7) is 0. The van der Waals surface area contributed by atoms with Crippen molar-refractivity contribution in [2.45, 2.75) is 37.6 Å². The van der Waals surface area contributed by atoms with Gasteiger partial charge in [0.1, 0.15) is 5.82 Å². The van der Waals surface area contributed by atoms with Crippen LogP contribution in [-0.4, -0.2) is 11.3 Å². The molecular weight excluding hydrogens is 285 g/mol. The minimum absolute atomic E-state index is 0.0491. The zero-order valence-corrected chi connectivity index (χ0v) is 11.1.